The van der Waals surface area contributed by atoms with E-state index < -0.39 is 0 Å². The fourth-order valence-electron chi connectivity index (χ4n) is 1.99. The number of aryl methyl sites for hydroxylation is 1. The summed E-state index contributed by atoms with van der Waals surface area (Å²) in [6.45, 7) is 1.90. The summed E-state index contributed by atoms with van der Waals surface area (Å²) in [4.78, 5) is 10.7. The molecule has 0 aromatic heterocycles. The Balaban J connectivity index is 2.21. The molecule has 0 radical (unpaired) electrons. The van der Waals surface area contributed by atoms with E-state index in [1.54, 1.807) is 23.4 Å². The molecule has 0 N–H and O–H groups in total. The van der Waals surface area contributed by atoms with Crippen LogP contribution in [-0.4, -0.2) is 18.2 Å². The Morgan fingerprint density at radius 2 is 1.95 bits per heavy atom. The number of nitro groups is 1. The van der Waals surface area contributed by atoms with Gasteiger partial charge in [-0.2, -0.15) is 5.10 Å². The van der Waals surface area contributed by atoms with Gasteiger partial charge in [-0.25, -0.2) is 0 Å². The third kappa shape index (κ3) is 3.66. The van der Waals surface area contributed by atoms with Gasteiger partial charge in [-0.1, -0.05) is 37.3 Å². The van der Waals surface area contributed by atoms with Gasteiger partial charge in [0.2, 0.25) is 0 Å². The number of nitro benzene ring substituents is 1. The highest BCUT2D eigenvalue weighted by molar-refractivity contribution is 5.81. The molecular weight excluding hydrogens is 266 g/mol. The highest BCUT2D eigenvalue weighted by Gasteiger charge is 2.12. The highest BCUT2D eigenvalue weighted by atomic mass is 16.6. The zero-order valence-electron chi connectivity index (χ0n) is 12.1. The summed E-state index contributed by atoms with van der Waals surface area (Å²) >= 11 is 0. The standard InChI is InChI=1S/C16H17N3O2/c1-3-14-10-9-13(11-16(14)19(20)21)12-17-18(2)15-7-5-4-6-8-15/h4-12H,3H2,1-2H3/b17-12-. The van der Waals surface area contributed by atoms with Crippen LogP contribution in [0.25, 0.3) is 0 Å². The van der Waals surface area contributed by atoms with Gasteiger partial charge in [-0.3, -0.25) is 15.1 Å². The van der Waals surface area contributed by atoms with Crippen LogP contribution in [0.1, 0.15) is 18.1 Å². The van der Waals surface area contributed by atoms with Gasteiger partial charge in [-0.05, 0) is 18.6 Å². The molecule has 0 atom stereocenters. The van der Waals surface area contributed by atoms with Crippen molar-refractivity contribution >= 4 is 17.6 Å². The van der Waals surface area contributed by atoms with E-state index in [1.165, 1.54) is 0 Å². The van der Waals surface area contributed by atoms with Crippen LogP contribution in [0.3, 0.4) is 0 Å². The van der Waals surface area contributed by atoms with Crippen molar-refractivity contribution in [1.29, 1.82) is 0 Å². The third-order valence-electron chi connectivity index (χ3n) is 3.20. The number of rotatable bonds is 5. The van der Waals surface area contributed by atoms with E-state index in [9.17, 15) is 10.1 Å². The van der Waals surface area contributed by atoms with Crippen molar-refractivity contribution < 1.29 is 4.92 Å². The number of para-hydroxylation sites is 1. The smallest absolute Gasteiger partial charge is 0.269 e. The Bertz CT molecular complexity index is 654. The number of hydrogen-bond acceptors (Lipinski definition) is 4. The first-order valence-corrected chi connectivity index (χ1v) is 6.72. The molecule has 2 aromatic rings. The first-order chi connectivity index (χ1) is 10.1. The Hall–Kier alpha value is -2.69. The van der Waals surface area contributed by atoms with E-state index in [4.69, 9.17) is 0 Å². The second-order valence-corrected chi connectivity index (χ2v) is 4.60. The molecule has 0 saturated carbocycles. The van der Waals surface area contributed by atoms with Crippen LogP contribution in [-0.2, 0) is 6.42 Å². The molecule has 0 saturated heterocycles. The molecule has 5 heteroatoms. The zero-order chi connectivity index (χ0) is 15.2. The van der Waals surface area contributed by atoms with E-state index in [0.29, 0.717) is 12.0 Å². The lowest BCUT2D eigenvalue weighted by Crippen LogP contribution is -2.08. The monoisotopic (exact) mass is 283 g/mol. The zero-order valence-corrected chi connectivity index (χ0v) is 12.1. The molecule has 0 aliphatic rings. The molecule has 0 spiro atoms. The van der Waals surface area contributed by atoms with Gasteiger partial charge < -0.3 is 0 Å². The lowest BCUT2D eigenvalue weighted by molar-refractivity contribution is -0.385. The maximum Gasteiger partial charge on any atom is 0.273 e. The average molecular weight is 283 g/mol. The second-order valence-electron chi connectivity index (χ2n) is 4.60. The van der Waals surface area contributed by atoms with Crippen molar-refractivity contribution in [2.75, 3.05) is 12.1 Å². The first-order valence-electron chi connectivity index (χ1n) is 6.72. The summed E-state index contributed by atoms with van der Waals surface area (Å²) in [6, 6.07) is 14.9. The lowest BCUT2D eigenvalue weighted by atomic mass is 10.1. The van der Waals surface area contributed by atoms with Gasteiger partial charge in [0, 0.05) is 24.2 Å². The van der Waals surface area contributed by atoms with E-state index >= 15 is 0 Å². The van der Waals surface area contributed by atoms with Gasteiger partial charge >= 0.3 is 0 Å². The van der Waals surface area contributed by atoms with E-state index in [1.807, 2.05) is 50.4 Å². The minimum atomic E-state index is -0.350. The molecule has 0 aliphatic heterocycles. The maximum absolute atomic E-state index is 11.0. The molecule has 0 unspecified atom stereocenters. The molecule has 5 nitrogen and oxygen atoms in total. The summed E-state index contributed by atoms with van der Waals surface area (Å²) in [5.74, 6) is 0. The van der Waals surface area contributed by atoms with Crippen LogP contribution in [0, 0.1) is 10.1 Å². The second kappa shape index (κ2) is 6.65. The van der Waals surface area contributed by atoms with Crippen LogP contribution >= 0.6 is 0 Å². The summed E-state index contributed by atoms with van der Waals surface area (Å²) < 4.78 is 0. The SMILES string of the molecule is CCc1ccc(/C=N\N(C)c2ccccc2)cc1[N+](=O)[O-]. The average Bonchev–Trinajstić information content (AvgIpc) is 2.53. The minimum Gasteiger partial charge on any atom is -0.269 e. The lowest BCUT2D eigenvalue weighted by Gasteiger charge is -2.12. The number of hydrazone groups is 1. The van der Waals surface area contributed by atoms with Crippen molar-refractivity contribution in [3.8, 4) is 0 Å². The molecule has 2 rings (SSSR count). The molecular formula is C16H17N3O2. The Morgan fingerprint density at radius 3 is 2.57 bits per heavy atom. The maximum atomic E-state index is 11.0. The number of benzene rings is 2. The number of nitrogens with zero attached hydrogens (tertiary/aromatic N) is 3. The van der Waals surface area contributed by atoms with Gasteiger partial charge in [0.1, 0.15) is 0 Å². The van der Waals surface area contributed by atoms with Crippen molar-refractivity contribution in [2.24, 2.45) is 5.10 Å². The molecule has 21 heavy (non-hydrogen) atoms. The largest absolute Gasteiger partial charge is 0.273 e. The molecule has 0 fully saturated rings. The summed E-state index contributed by atoms with van der Waals surface area (Å²) in [6.07, 6.45) is 2.26. The highest BCUT2D eigenvalue weighted by Crippen LogP contribution is 2.20. The van der Waals surface area contributed by atoms with Crippen molar-refractivity contribution in [3.05, 3.63) is 69.8 Å². The van der Waals surface area contributed by atoms with E-state index in [2.05, 4.69) is 5.10 Å². The molecule has 2 aromatic carbocycles. The van der Waals surface area contributed by atoms with Crippen LogP contribution < -0.4 is 5.01 Å². The molecule has 0 aliphatic carbocycles. The quantitative estimate of drug-likeness (QED) is 0.478. The van der Waals surface area contributed by atoms with Gasteiger partial charge in [0.05, 0.1) is 16.8 Å². The van der Waals surface area contributed by atoms with E-state index in [-0.39, 0.29) is 10.6 Å². The van der Waals surface area contributed by atoms with Gasteiger partial charge in [0.15, 0.2) is 0 Å². The third-order valence-corrected chi connectivity index (χ3v) is 3.20. The minimum absolute atomic E-state index is 0.142. The van der Waals surface area contributed by atoms with Crippen LogP contribution in [0.15, 0.2) is 53.6 Å². The molecule has 0 amide bonds. The van der Waals surface area contributed by atoms with Crippen LogP contribution in [0.5, 0.6) is 0 Å². The normalized spacial score (nSPS) is 10.8. The fraction of sp³-hybridized carbons (Fsp3) is 0.188. The Morgan fingerprint density at radius 1 is 1.24 bits per heavy atom. The molecule has 0 bridgehead atoms. The predicted molar refractivity (Wildman–Crippen MR) is 84.9 cm³/mol. The summed E-state index contributed by atoms with van der Waals surface area (Å²) in [5, 5.41) is 17.1. The van der Waals surface area contributed by atoms with E-state index in [0.717, 1.165) is 11.3 Å². The predicted octanol–water partition coefficient (Wildman–Crippen LogP) is 3.63. The Labute approximate surface area is 123 Å². The first kappa shape index (κ1) is 14.7. The molecule has 0 heterocycles. The summed E-state index contributed by atoms with van der Waals surface area (Å²) in [5.41, 5.74) is 2.53. The fourth-order valence-corrected chi connectivity index (χ4v) is 1.99. The topological polar surface area (TPSA) is 58.7 Å². The van der Waals surface area contributed by atoms with Crippen molar-refractivity contribution in [3.63, 3.8) is 0 Å². The van der Waals surface area contributed by atoms with Gasteiger partial charge in [0.25, 0.3) is 5.69 Å². The van der Waals surface area contributed by atoms with Crippen LogP contribution in [0.4, 0.5) is 11.4 Å². The summed E-state index contributed by atoms with van der Waals surface area (Å²) in [7, 11) is 1.83. The number of anilines is 1. The number of hydrogen-bond donors (Lipinski definition) is 0. The van der Waals surface area contributed by atoms with Crippen molar-refractivity contribution in [1.82, 2.24) is 0 Å². The Kier molecular flexibility index (Phi) is 4.66. The molecule has 108 valence electrons. The van der Waals surface area contributed by atoms with Crippen molar-refractivity contribution in [2.45, 2.75) is 13.3 Å². The van der Waals surface area contributed by atoms with Gasteiger partial charge in [-0.15, -0.1) is 0 Å². The van der Waals surface area contributed by atoms with Crippen LogP contribution in [0.2, 0.25) is 0 Å².